The van der Waals surface area contributed by atoms with Gasteiger partial charge in [0.1, 0.15) is 11.6 Å². The van der Waals surface area contributed by atoms with E-state index in [0.717, 1.165) is 5.06 Å². The summed E-state index contributed by atoms with van der Waals surface area (Å²) in [5.74, 6) is -1.27. The number of aliphatic hydroxyl groups excluding tert-OH is 1. The number of hydroxylamine groups is 2. The van der Waals surface area contributed by atoms with Crippen LogP contribution in [-0.4, -0.2) is 46.2 Å². The van der Waals surface area contributed by atoms with Crippen molar-refractivity contribution in [3.8, 4) is 0 Å². The maximum Gasteiger partial charge on any atom is 0.333 e. The Kier molecular flexibility index (Phi) is 7.10. The van der Waals surface area contributed by atoms with Gasteiger partial charge in [0, 0.05) is 25.7 Å². The molecule has 0 radical (unpaired) electrons. The summed E-state index contributed by atoms with van der Waals surface area (Å²) in [6.45, 7) is -0.225. The van der Waals surface area contributed by atoms with Crippen molar-refractivity contribution in [1.82, 2.24) is 5.06 Å². The van der Waals surface area contributed by atoms with Crippen molar-refractivity contribution in [3.63, 3.8) is 0 Å². The zero-order valence-corrected chi connectivity index (χ0v) is 11.8. The van der Waals surface area contributed by atoms with Gasteiger partial charge in [-0.2, -0.15) is 0 Å². The lowest BCUT2D eigenvalue weighted by atomic mass is 10.2. The predicted octanol–water partition coefficient (Wildman–Crippen LogP) is 0.490. The van der Waals surface area contributed by atoms with Crippen LogP contribution in [0.15, 0.2) is 0 Å². The highest BCUT2D eigenvalue weighted by atomic mass is 32.1. The molecule has 0 atom stereocenters. The number of carbonyl (C=O) groups excluding carboxylic acids is 3. The number of amides is 1. The number of aliphatic hydroxyl groups is 1. The summed E-state index contributed by atoms with van der Waals surface area (Å²) in [6.07, 6.45) is 1.88. The molecule has 1 N–H and O–H groups in total. The lowest BCUT2D eigenvalue weighted by Gasteiger charge is -2.14. The van der Waals surface area contributed by atoms with Crippen LogP contribution in [0, 0.1) is 0 Å². The predicted molar refractivity (Wildman–Crippen MR) is 71.3 cm³/mol. The average molecular weight is 303 g/mol. The van der Waals surface area contributed by atoms with Gasteiger partial charge in [-0.25, -0.2) is 4.79 Å². The van der Waals surface area contributed by atoms with E-state index in [1.807, 2.05) is 0 Å². The van der Waals surface area contributed by atoms with E-state index in [0.29, 0.717) is 24.3 Å². The van der Waals surface area contributed by atoms with Crippen molar-refractivity contribution in [1.29, 1.82) is 0 Å². The summed E-state index contributed by atoms with van der Waals surface area (Å²) in [4.78, 5) is 39.1. The van der Waals surface area contributed by atoms with Crippen LogP contribution in [0.1, 0.15) is 38.5 Å². The van der Waals surface area contributed by atoms with E-state index in [-0.39, 0.29) is 38.4 Å². The Morgan fingerprint density at radius 3 is 2.40 bits per heavy atom. The molecule has 0 spiro atoms. The quantitative estimate of drug-likeness (QED) is 0.396. The van der Waals surface area contributed by atoms with Gasteiger partial charge in [-0.3, -0.25) is 9.59 Å². The number of unbranched alkanes of at least 4 members (excludes halogenated alkanes) is 1. The molecule has 0 aromatic heterocycles. The van der Waals surface area contributed by atoms with Gasteiger partial charge in [-0.05, 0) is 12.8 Å². The fourth-order valence-electron chi connectivity index (χ4n) is 1.58. The Labute approximate surface area is 121 Å². The fourth-order valence-corrected chi connectivity index (χ4v) is 1.82. The molecule has 1 aliphatic heterocycles. The van der Waals surface area contributed by atoms with E-state index in [2.05, 4.69) is 4.74 Å². The summed E-state index contributed by atoms with van der Waals surface area (Å²) < 4.78 is 4.66. The minimum absolute atomic E-state index is 0.0185. The number of thiocarbonyl (C=S) groups is 1. The molecule has 0 aromatic carbocycles. The maximum atomic E-state index is 11.5. The molecule has 1 saturated heterocycles. The second-order valence-electron chi connectivity index (χ2n) is 4.20. The highest BCUT2D eigenvalue weighted by Crippen LogP contribution is 2.15. The Hall–Kier alpha value is -1.54. The van der Waals surface area contributed by atoms with E-state index in [4.69, 9.17) is 22.2 Å². The molecule has 1 amide bonds. The molecule has 112 valence electrons. The fraction of sp³-hybridized carbons (Fsp3) is 0.667. The summed E-state index contributed by atoms with van der Waals surface area (Å²) in [5, 5.41) is 9.33. The van der Waals surface area contributed by atoms with Crippen molar-refractivity contribution in [2.24, 2.45) is 0 Å². The number of rotatable bonds is 8. The van der Waals surface area contributed by atoms with Crippen molar-refractivity contribution >= 4 is 35.1 Å². The molecule has 1 fully saturated rings. The third kappa shape index (κ3) is 5.62. The number of carbonyl (C=O) groups is 3. The monoisotopic (exact) mass is 303 g/mol. The molecule has 0 saturated carbocycles. The number of hydrogen-bond donors (Lipinski definition) is 1. The number of nitrogens with zero attached hydrogens (tertiary/aromatic N) is 1. The smallest absolute Gasteiger partial charge is 0.333 e. The highest BCUT2D eigenvalue weighted by molar-refractivity contribution is 7.80. The van der Waals surface area contributed by atoms with Crippen molar-refractivity contribution < 1.29 is 29.1 Å². The Balaban J connectivity index is 2.13. The van der Waals surface area contributed by atoms with Gasteiger partial charge in [0.2, 0.25) is 0 Å². The highest BCUT2D eigenvalue weighted by Gasteiger charge is 2.29. The van der Waals surface area contributed by atoms with Gasteiger partial charge in [0.05, 0.1) is 6.61 Å². The lowest BCUT2D eigenvalue weighted by molar-refractivity contribution is -0.180. The van der Waals surface area contributed by atoms with Crippen molar-refractivity contribution in [2.75, 3.05) is 13.2 Å². The average Bonchev–Trinajstić information content (AvgIpc) is 2.73. The van der Waals surface area contributed by atoms with Gasteiger partial charge in [-0.1, -0.05) is 12.2 Å². The maximum absolute atomic E-state index is 11.5. The van der Waals surface area contributed by atoms with Gasteiger partial charge in [-0.15, -0.1) is 5.06 Å². The van der Waals surface area contributed by atoms with Crippen LogP contribution in [0.3, 0.4) is 0 Å². The first-order valence-corrected chi connectivity index (χ1v) is 6.78. The summed E-state index contributed by atoms with van der Waals surface area (Å²) in [6, 6.07) is 0. The first kappa shape index (κ1) is 16.5. The topological polar surface area (TPSA) is 93.1 Å². The summed E-state index contributed by atoms with van der Waals surface area (Å²) >= 11 is 4.89. The first-order chi connectivity index (χ1) is 9.54. The molecule has 0 aromatic rings. The van der Waals surface area contributed by atoms with E-state index in [1.54, 1.807) is 0 Å². The van der Waals surface area contributed by atoms with Crippen molar-refractivity contribution in [2.45, 2.75) is 38.5 Å². The van der Waals surface area contributed by atoms with Crippen LogP contribution in [0.2, 0.25) is 0 Å². The van der Waals surface area contributed by atoms with E-state index >= 15 is 0 Å². The van der Waals surface area contributed by atoms with E-state index in [9.17, 15) is 14.4 Å². The van der Waals surface area contributed by atoms with Crippen LogP contribution in [-0.2, 0) is 24.0 Å². The van der Waals surface area contributed by atoms with Gasteiger partial charge in [0.25, 0.3) is 5.91 Å². The minimum atomic E-state index is -0.550. The molecular formula is C12H17NO6S. The third-order valence-electron chi connectivity index (χ3n) is 2.57. The zero-order valence-electron chi connectivity index (χ0n) is 11.0. The number of ether oxygens (including phenoxy) is 1. The van der Waals surface area contributed by atoms with Gasteiger partial charge >= 0.3 is 11.9 Å². The summed E-state index contributed by atoms with van der Waals surface area (Å²) in [5.41, 5.74) is 0. The molecule has 0 aliphatic carbocycles. The second-order valence-corrected chi connectivity index (χ2v) is 4.67. The first-order valence-electron chi connectivity index (χ1n) is 6.37. The summed E-state index contributed by atoms with van der Waals surface area (Å²) in [7, 11) is 0. The van der Waals surface area contributed by atoms with Crippen LogP contribution in [0.4, 0.5) is 0 Å². The Bertz CT molecular complexity index is 381. The van der Waals surface area contributed by atoms with Gasteiger partial charge < -0.3 is 14.7 Å². The Morgan fingerprint density at radius 2 is 1.85 bits per heavy atom. The van der Waals surface area contributed by atoms with Crippen LogP contribution < -0.4 is 0 Å². The standard InChI is InChI=1S/C12H17NO6S/c14-7-8-18-11(16)3-1-2-4-12(17)19-13-9(15)5-6-10(13)20/h14H,1-8H2. The molecular weight excluding hydrogens is 286 g/mol. The minimum Gasteiger partial charge on any atom is -0.463 e. The SMILES string of the molecule is O=C(CCCCC(=O)ON1C(=O)CCC1=S)OCCO. The molecule has 0 bridgehead atoms. The molecule has 0 unspecified atom stereocenters. The van der Waals surface area contributed by atoms with Crippen LogP contribution in [0.25, 0.3) is 0 Å². The normalized spacial score (nSPS) is 14.6. The lowest BCUT2D eigenvalue weighted by Crippen LogP contribution is -2.31. The molecule has 20 heavy (non-hydrogen) atoms. The van der Waals surface area contributed by atoms with E-state index in [1.165, 1.54) is 0 Å². The third-order valence-corrected chi connectivity index (χ3v) is 2.93. The molecule has 1 heterocycles. The zero-order chi connectivity index (χ0) is 15.0. The van der Waals surface area contributed by atoms with Crippen molar-refractivity contribution in [3.05, 3.63) is 0 Å². The van der Waals surface area contributed by atoms with Crippen LogP contribution in [0.5, 0.6) is 0 Å². The largest absolute Gasteiger partial charge is 0.463 e. The van der Waals surface area contributed by atoms with Gasteiger partial charge in [0.15, 0.2) is 0 Å². The molecule has 7 nitrogen and oxygen atoms in total. The second kappa shape index (κ2) is 8.60. The van der Waals surface area contributed by atoms with E-state index < -0.39 is 11.9 Å². The Morgan fingerprint density at radius 1 is 1.20 bits per heavy atom. The van der Waals surface area contributed by atoms with Crippen LogP contribution >= 0.6 is 12.2 Å². The number of hydrogen-bond acceptors (Lipinski definition) is 7. The molecule has 1 aliphatic rings. The molecule has 1 rings (SSSR count). The number of esters is 1. The molecule has 8 heteroatoms.